The van der Waals surface area contributed by atoms with Crippen LogP contribution in [0.4, 0.5) is 14.0 Å². The molecule has 0 aliphatic carbocycles. The van der Waals surface area contributed by atoms with Crippen molar-refractivity contribution in [2.75, 3.05) is 7.11 Å². The molecule has 0 aliphatic rings. The summed E-state index contributed by atoms with van der Waals surface area (Å²) in [6, 6.07) is 12.4. The van der Waals surface area contributed by atoms with Crippen LogP contribution in [0.2, 0.25) is 0 Å². The molecule has 8 heteroatoms. The smallest absolute Gasteiger partial charge is 0.420 e. The highest BCUT2D eigenvalue weighted by atomic mass is 19.1. The number of nitrogens with zero attached hydrogens (tertiary/aromatic N) is 1. The van der Waals surface area contributed by atoms with E-state index in [1.165, 1.54) is 19.2 Å². The van der Waals surface area contributed by atoms with E-state index in [2.05, 4.69) is 0 Å². The number of amides is 2. The van der Waals surface area contributed by atoms with E-state index in [9.17, 15) is 18.8 Å². The first-order chi connectivity index (χ1) is 16.2. The molecule has 0 spiro atoms. The molecule has 0 aromatic heterocycles. The van der Waals surface area contributed by atoms with Crippen molar-refractivity contribution in [2.24, 2.45) is 0 Å². The molecule has 1 atom stereocenters. The van der Waals surface area contributed by atoms with Crippen molar-refractivity contribution in [3.05, 3.63) is 59.9 Å². The number of carbonyl (C=O) groups excluding carboxylic acids is 3. The quantitative estimate of drug-likeness (QED) is 0.360. The molecule has 7 nitrogen and oxygen atoms in total. The first-order valence-corrected chi connectivity index (χ1v) is 11.4. The highest BCUT2D eigenvalue weighted by Gasteiger charge is 2.40. The van der Waals surface area contributed by atoms with Crippen LogP contribution < -0.4 is 0 Å². The highest BCUT2D eigenvalue weighted by molar-refractivity contribution is 5.94. The zero-order valence-corrected chi connectivity index (χ0v) is 21.4. The molecule has 190 valence electrons. The second kappa shape index (κ2) is 11.3. The Balaban J connectivity index is 2.27. The minimum Gasteiger partial charge on any atom is -0.467 e. The Kier molecular flexibility index (Phi) is 9.01. The molecular formula is C27H34FNO6. The number of aryl methyl sites for hydroxylation is 1. The third-order valence-corrected chi connectivity index (χ3v) is 4.80. The molecule has 2 amide bonds. The summed E-state index contributed by atoms with van der Waals surface area (Å²) in [5, 5.41) is 0. The average molecular weight is 488 g/mol. The number of rotatable bonds is 6. The lowest BCUT2D eigenvalue weighted by Crippen LogP contribution is -2.52. The fraction of sp³-hybridized carbons (Fsp3) is 0.444. The third kappa shape index (κ3) is 8.70. The lowest BCUT2D eigenvalue weighted by atomic mass is 10.00. The first-order valence-electron chi connectivity index (χ1n) is 11.4. The first kappa shape index (κ1) is 27.8. The van der Waals surface area contributed by atoms with E-state index in [0.29, 0.717) is 11.3 Å². The molecule has 2 aromatic carbocycles. The zero-order valence-electron chi connectivity index (χ0n) is 21.4. The predicted molar refractivity (Wildman–Crippen MR) is 130 cm³/mol. The van der Waals surface area contributed by atoms with Crippen LogP contribution in [-0.4, -0.2) is 47.4 Å². The van der Waals surface area contributed by atoms with Crippen molar-refractivity contribution in [1.82, 2.24) is 4.90 Å². The maximum absolute atomic E-state index is 13.2. The number of carbonyl (C=O) groups is 3. The SMILES string of the molecule is COC(=O)C(CCc1ccc(-c2ccc(F)cc2)cc1)N(C(=O)OC(C)(C)C)C(=O)OC(C)(C)C. The number of imide groups is 1. The molecule has 0 bridgehead atoms. The zero-order chi connectivity index (χ0) is 26.4. The van der Waals surface area contributed by atoms with E-state index in [1.54, 1.807) is 53.7 Å². The van der Waals surface area contributed by atoms with Crippen LogP contribution in [0.15, 0.2) is 48.5 Å². The van der Waals surface area contributed by atoms with Crippen LogP contribution in [0, 0.1) is 5.82 Å². The summed E-state index contributed by atoms with van der Waals surface area (Å²) < 4.78 is 28.9. The molecule has 0 heterocycles. The van der Waals surface area contributed by atoms with E-state index in [-0.39, 0.29) is 12.2 Å². The summed E-state index contributed by atoms with van der Waals surface area (Å²) in [5.74, 6) is -1.07. The van der Waals surface area contributed by atoms with Crippen LogP contribution >= 0.6 is 0 Å². The molecule has 2 aromatic rings. The minimum atomic E-state index is -1.25. The lowest BCUT2D eigenvalue weighted by molar-refractivity contribution is -0.146. The Morgan fingerprint density at radius 2 is 1.23 bits per heavy atom. The second-order valence-electron chi connectivity index (χ2n) is 10.1. The molecule has 0 saturated carbocycles. The lowest BCUT2D eigenvalue weighted by Gasteiger charge is -2.32. The Bertz CT molecular complexity index is 992. The summed E-state index contributed by atoms with van der Waals surface area (Å²) in [7, 11) is 1.19. The fourth-order valence-electron chi connectivity index (χ4n) is 3.25. The van der Waals surface area contributed by atoms with Crippen LogP contribution in [0.25, 0.3) is 11.1 Å². The Labute approximate surface area is 206 Å². The van der Waals surface area contributed by atoms with Gasteiger partial charge in [0.25, 0.3) is 0 Å². The summed E-state index contributed by atoms with van der Waals surface area (Å²) in [5.41, 5.74) is 0.856. The summed E-state index contributed by atoms with van der Waals surface area (Å²) in [6.07, 6.45) is -1.52. The van der Waals surface area contributed by atoms with E-state index >= 15 is 0 Å². The van der Waals surface area contributed by atoms with Crippen molar-refractivity contribution in [2.45, 2.75) is 71.6 Å². The van der Waals surface area contributed by atoms with Gasteiger partial charge in [-0.2, -0.15) is 4.90 Å². The van der Waals surface area contributed by atoms with Crippen molar-refractivity contribution in [3.8, 4) is 11.1 Å². The van der Waals surface area contributed by atoms with Crippen molar-refractivity contribution < 1.29 is 33.0 Å². The normalized spacial score (nSPS) is 12.5. The number of esters is 1. The van der Waals surface area contributed by atoms with Gasteiger partial charge in [0, 0.05) is 0 Å². The fourth-order valence-corrected chi connectivity index (χ4v) is 3.25. The van der Waals surface area contributed by atoms with Gasteiger partial charge < -0.3 is 14.2 Å². The van der Waals surface area contributed by atoms with E-state index in [4.69, 9.17) is 14.2 Å². The van der Waals surface area contributed by atoms with Gasteiger partial charge in [-0.05, 0) is 83.2 Å². The molecular weight excluding hydrogens is 453 g/mol. The van der Waals surface area contributed by atoms with Gasteiger partial charge in [-0.15, -0.1) is 0 Å². The van der Waals surface area contributed by atoms with Gasteiger partial charge in [0.1, 0.15) is 23.1 Å². The molecule has 0 fully saturated rings. The molecule has 1 unspecified atom stereocenters. The minimum absolute atomic E-state index is 0.0983. The number of hydrogen-bond donors (Lipinski definition) is 0. The number of ether oxygens (including phenoxy) is 3. The second-order valence-corrected chi connectivity index (χ2v) is 10.1. The van der Waals surface area contributed by atoms with Crippen LogP contribution in [0.3, 0.4) is 0 Å². The van der Waals surface area contributed by atoms with Crippen molar-refractivity contribution in [1.29, 1.82) is 0 Å². The van der Waals surface area contributed by atoms with Gasteiger partial charge in [-0.25, -0.2) is 18.8 Å². The summed E-state index contributed by atoms with van der Waals surface area (Å²) >= 11 is 0. The van der Waals surface area contributed by atoms with E-state index in [0.717, 1.165) is 16.7 Å². The summed E-state index contributed by atoms with van der Waals surface area (Å²) in [6.45, 7) is 9.96. The molecule has 0 N–H and O–H groups in total. The van der Waals surface area contributed by atoms with Crippen molar-refractivity contribution >= 4 is 18.2 Å². The summed E-state index contributed by atoms with van der Waals surface area (Å²) in [4.78, 5) is 39.3. The molecule has 0 aliphatic heterocycles. The van der Waals surface area contributed by atoms with E-state index in [1.807, 2.05) is 24.3 Å². The number of methoxy groups -OCH3 is 1. The Morgan fingerprint density at radius 1 is 0.800 bits per heavy atom. The maximum atomic E-state index is 13.2. The molecule has 2 rings (SSSR count). The largest absolute Gasteiger partial charge is 0.467 e. The Hall–Kier alpha value is -3.42. The van der Waals surface area contributed by atoms with Crippen LogP contribution in [-0.2, 0) is 25.4 Å². The van der Waals surface area contributed by atoms with Gasteiger partial charge in [-0.3, -0.25) is 0 Å². The monoisotopic (exact) mass is 487 g/mol. The predicted octanol–water partition coefficient (Wildman–Crippen LogP) is 6.14. The highest BCUT2D eigenvalue weighted by Crippen LogP contribution is 2.23. The van der Waals surface area contributed by atoms with Gasteiger partial charge in [0.15, 0.2) is 0 Å². The van der Waals surface area contributed by atoms with Gasteiger partial charge in [0.2, 0.25) is 0 Å². The van der Waals surface area contributed by atoms with Gasteiger partial charge in [0.05, 0.1) is 7.11 Å². The standard InChI is InChI=1S/C27H34FNO6/c1-26(2,3)34-24(31)29(25(32)35-27(4,5)6)22(23(30)33-7)17-10-18-8-11-19(12-9-18)20-13-15-21(28)16-14-20/h8-9,11-16,22H,10,17H2,1-7H3. The van der Waals surface area contributed by atoms with E-state index < -0.39 is 35.4 Å². The number of hydrogen-bond acceptors (Lipinski definition) is 6. The maximum Gasteiger partial charge on any atom is 0.420 e. The molecule has 35 heavy (non-hydrogen) atoms. The molecule has 0 radical (unpaired) electrons. The van der Waals surface area contributed by atoms with Gasteiger partial charge >= 0.3 is 18.2 Å². The van der Waals surface area contributed by atoms with Crippen LogP contribution in [0.1, 0.15) is 53.5 Å². The third-order valence-electron chi connectivity index (χ3n) is 4.80. The topological polar surface area (TPSA) is 82.1 Å². The van der Waals surface area contributed by atoms with Crippen molar-refractivity contribution in [3.63, 3.8) is 0 Å². The number of halogens is 1. The Morgan fingerprint density at radius 3 is 1.63 bits per heavy atom. The van der Waals surface area contributed by atoms with Gasteiger partial charge in [-0.1, -0.05) is 36.4 Å². The molecule has 0 saturated heterocycles. The average Bonchev–Trinajstić information content (AvgIpc) is 2.74. The van der Waals surface area contributed by atoms with Crippen LogP contribution in [0.5, 0.6) is 0 Å². The number of benzene rings is 2.